The van der Waals surface area contributed by atoms with Gasteiger partial charge in [-0.25, -0.2) is 4.79 Å². The lowest BCUT2D eigenvalue weighted by Crippen LogP contribution is -2.02. The zero-order chi connectivity index (χ0) is 16.4. The predicted octanol–water partition coefficient (Wildman–Crippen LogP) is 4.14. The first kappa shape index (κ1) is 15.3. The number of nitrogens with zero attached hydrogens (tertiary/aromatic N) is 2. The van der Waals surface area contributed by atoms with Crippen LogP contribution >= 0.6 is 11.6 Å². The van der Waals surface area contributed by atoms with E-state index in [1.165, 1.54) is 6.08 Å². The number of hydrogen-bond donors (Lipinski definition) is 1. The molecular formula is C18H15ClN2O2. The number of rotatable bonds is 4. The molecule has 0 fully saturated rings. The summed E-state index contributed by atoms with van der Waals surface area (Å²) in [6.45, 7) is 2.52. The Morgan fingerprint density at radius 1 is 1.30 bits per heavy atom. The number of carboxylic acids is 1. The Bertz CT molecular complexity index is 913. The van der Waals surface area contributed by atoms with E-state index in [1.807, 2.05) is 54.1 Å². The van der Waals surface area contributed by atoms with Crippen molar-refractivity contribution < 1.29 is 9.90 Å². The van der Waals surface area contributed by atoms with E-state index in [1.54, 1.807) is 0 Å². The van der Waals surface area contributed by atoms with Crippen LogP contribution in [0.2, 0.25) is 5.02 Å². The summed E-state index contributed by atoms with van der Waals surface area (Å²) < 4.78 is 1.84. The molecule has 3 rings (SSSR count). The number of hydrogen-bond acceptors (Lipinski definition) is 2. The second kappa shape index (κ2) is 6.26. The molecule has 23 heavy (non-hydrogen) atoms. The highest BCUT2D eigenvalue weighted by atomic mass is 35.5. The van der Waals surface area contributed by atoms with Crippen LogP contribution in [0.1, 0.15) is 16.8 Å². The maximum Gasteiger partial charge on any atom is 0.328 e. The van der Waals surface area contributed by atoms with Gasteiger partial charge in [0.25, 0.3) is 0 Å². The molecule has 0 aliphatic rings. The Morgan fingerprint density at radius 2 is 2.09 bits per heavy atom. The van der Waals surface area contributed by atoms with E-state index in [-0.39, 0.29) is 0 Å². The van der Waals surface area contributed by atoms with E-state index in [4.69, 9.17) is 16.7 Å². The first-order chi connectivity index (χ1) is 11.0. The molecule has 1 aromatic heterocycles. The van der Waals surface area contributed by atoms with E-state index in [0.717, 1.165) is 28.1 Å². The highest BCUT2D eigenvalue weighted by Gasteiger charge is 2.10. The predicted molar refractivity (Wildman–Crippen MR) is 91.7 cm³/mol. The van der Waals surface area contributed by atoms with E-state index >= 15 is 0 Å². The molecule has 3 aromatic rings. The molecule has 0 amide bonds. The van der Waals surface area contributed by atoms with Crippen molar-refractivity contribution in [2.45, 2.75) is 13.5 Å². The third-order valence-corrected chi connectivity index (χ3v) is 3.95. The van der Waals surface area contributed by atoms with Gasteiger partial charge in [0.15, 0.2) is 0 Å². The normalized spacial score (nSPS) is 11.4. The molecule has 0 saturated heterocycles. The smallest absolute Gasteiger partial charge is 0.328 e. The third-order valence-electron chi connectivity index (χ3n) is 3.60. The fourth-order valence-corrected chi connectivity index (χ4v) is 2.78. The average Bonchev–Trinajstić information content (AvgIpc) is 2.86. The molecule has 0 spiro atoms. The van der Waals surface area contributed by atoms with Crippen LogP contribution in [-0.2, 0) is 11.3 Å². The van der Waals surface area contributed by atoms with Gasteiger partial charge in [-0.05, 0) is 36.3 Å². The number of aliphatic carboxylic acids is 1. The van der Waals surface area contributed by atoms with Crippen molar-refractivity contribution in [2.24, 2.45) is 0 Å². The van der Waals surface area contributed by atoms with Gasteiger partial charge in [-0.3, -0.25) is 4.68 Å². The highest BCUT2D eigenvalue weighted by Crippen LogP contribution is 2.23. The van der Waals surface area contributed by atoms with Gasteiger partial charge in [-0.2, -0.15) is 5.10 Å². The number of para-hydroxylation sites is 1. The van der Waals surface area contributed by atoms with E-state index in [9.17, 15) is 4.79 Å². The molecule has 0 aliphatic carbocycles. The first-order valence-corrected chi connectivity index (χ1v) is 7.54. The monoisotopic (exact) mass is 326 g/mol. The van der Waals surface area contributed by atoms with Crippen molar-refractivity contribution in [1.82, 2.24) is 9.78 Å². The minimum absolute atomic E-state index is 0.528. The number of fused-ring (bicyclic) bond motifs is 1. The van der Waals surface area contributed by atoms with Crippen LogP contribution in [0.3, 0.4) is 0 Å². The molecule has 5 heteroatoms. The van der Waals surface area contributed by atoms with Crippen LogP contribution in [0.5, 0.6) is 0 Å². The number of carbonyl (C=O) groups is 1. The van der Waals surface area contributed by atoms with Gasteiger partial charge in [0.2, 0.25) is 0 Å². The van der Waals surface area contributed by atoms with Gasteiger partial charge < -0.3 is 5.11 Å². The summed E-state index contributed by atoms with van der Waals surface area (Å²) in [5.74, 6) is -0.995. The second-order valence-corrected chi connectivity index (χ2v) is 5.73. The minimum atomic E-state index is -0.995. The summed E-state index contributed by atoms with van der Waals surface area (Å²) in [6.07, 6.45) is 2.61. The van der Waals surface area contributed by atoms with Crippen LogP contribution in [0.25, 0.3) is 17.0 Å². The first-order valence-electron chi connectivity index (χ1n) is 7.16. The minimum Gasteiger partial charge on any atom is -0.478 e. The van der Waals surface area contributed by atoms with Crippen LogP contribution in [0, 0.1) is 6.92 Å². The van der Waals surface area contributed by atoms with Gasteiger partial charge >= 0.3 is 5.97 Å². The fraction of sp³-hybridized carbons (Fsp3) is 0.111. The second-order valence-electron chi connectivity index (χ2n) is 5.33. The SMILES string of the molecule is Cc1ccc(Cn2nc(/C=C/C(=O)O)c3ccccc32)c(Cl)c1. The van der Waals surface area contributed by atoms with Gasteiger partial charge in [-0.15, -0.1) is 0 Å². The third kappa shape index (κ3) is 3.27. The van der Waals surface area contributed by atoms with Crippen molar-refractivity contribution in [3.05, 3.63) is 70.4 Å². The van der Waals surface area contributed by atoms with Gasteiger partial charge in [0, 0.05) is 16.5 Å². The lowest BCUT2D eigenvalue weighted by Gasteiger charge is -2.07. The van der Waals surface area contributed by atoms with Crippen LogP contribution in [-0.4, -0.2) is 20.9 Å². The number of aromatic nitrogens is 2. The summed E-state index contributed by atoms with van der Waals surface area (Å²) in [5.41, 5.74) is 3.65. The zero-order valence-electron chi connectivity index (χ0n) is 12.5. The Morgan fingerprint density at radius 3 is 2.83 bits per heavy atom. The lowest BCUT2D eigenvalue weighted by atomic mass is 10.1. The van der Waals surface area contributed by atoms with Crippen molar-refractivity contribution >= 4 is 34.5 Å². The fourth-order valence-electron chi connectivity index (χ4n) is 2.49. The molecule has 4 nitrogen and oxygen atoms in total. The molecular weight excluding hydrogens is 312 g/mol. The maximum atomic E-state index is 10.7. The van der Waals surface area contributed by atoms with Crippen molar-refractivity contribution in [3.8, 4) is 0 Å². The standard InChI is InChI=1S/C18H15ClN2O2/c1-12-6-7-13(15(19)10-12)11-21-17-5-3-2-4-14(17)16(20-21)8-9-18(22)23/h2-10H,11H2,1H3,(H,22,23)/b9-8+. The number of aryl methyl sites for hydroxylation is 1. The van der Waals surface area contributed by atoms with Crippen LogP contribution in [0.4, 0.5) is 0 Å². The molecule has 0 saturated carbocycles. The summed E-state index contributed by atoms with van der Waals surface area (Å²) >= 11 is 6.31. The summed E-state index contributed by atoms with van der Waals surface area (Å²) in [6, 6.07) is 13.7. The molecule has 0 unspecified atom stereocenters. The maximum absolute atomic E-state index is 10.7. The van der Waals surface area contributed by atoms with Gasteiger partial charge in [0.1, 0.15) is 0 Å². The largest absolute Gasteiger partial charge is 0.478 e. The van der Waals surface area contributed by atoms with E-state index in [0.29, 0.717) is 17.3 Å². The number of carboxylic acid groups (broad SMARTS) is 1. The van der Waals surface area contributed by atoms with Crippen LogP contribution < -0.4 is 0 Å². The molecule has 1 N–H and O–H groups in total. The molecule has 2 aromatic carbocycles. The quantitative estimate of drug-likeness (QED) is 0.733. The summed E-state index contributed by atoms with van der Waals surface area (Å²) in [5, 5.41) is 15.0. The van der Waals surface area contributed by atoms with Gasteiger partial charge in [0.05, 0.1) is 17.8 Å². The summed E-state index contributed by atoms with van der Waals surface area (Å²) in [7, 11) is 0. The van der Waals surface area contributed by atoms with Crippen molar-refractivity contribution in [2.75, 3.05) is 0 Å². The Balaban J connectivity index is 2.05. The Labute approximate surface area is 138 Å². The van der Waals surface area contributed by atoms with Crippen LogP contribution in [0.15, 0.2) is 48.5 Å². The Hall–Kier alpha value is -2.59. The topological polar surface area (TPSA) is 55.1 Å². The average molecular weight is 327 g/mol. The molecule has 116 valence electrons. The number of benzene rings is 2. The van der Waals surface area contributed by atoms with E-state index < -0.39 is 5.97 Å². The summed E-state index contributed by atoms with van der Waals surface area (Å²) in [4.78, 5) is 10.7. The Kier molecular flexibility index (Phi) is 4.17. The van der Waals surface area contributed by atoms with Gasteiger partial charge in [-0.1, -0.05) is 41.9 Å². The van der Waals surface area contributed by atoms with Crippen molar-refractivity contribution in [1.29, 1.82) is 0 Å². The zero-order valence-corrected chi connectivity index (χ0v) is 13.3. The molecule has 1 heterocycles. The molecule has 0 bridgehead atoms. The lowest BCUT2D eigenvalue weighted by molar-refractivity contribution is -0.131. The molecule has 0 atom stereocenters. The number of halogens is 1. The highest BCUT2D eigenvalue weighted by molar-refractivity contribution is 6.31. The van der Waals surface area contributed by atoms with E-state index in [2.05, 4.69) is 5.10 Å². The molecule has 0 aliphatic heterocycles. The molecule has 0 radical (unpaired) electrons. The van der Waals surface area contributed by atoms with Crippen molar-refractivity contribution in [3.63, 3.8) is 0 Å².